The Balaban J connectivity index is 1.39. The first kappa shape index (κ1) is 22.8. The third-order valence-corrected chi connectivity index (χ3v) is 5.40. The van der Waals surface area contributed by atoms with E-state index in [2.05, 4.69) is 22.4 Å². The molecule has 4 rings (SSSR count). The molecule has 0 unspecified atom stereocenters. The minimum Gasteiger partial charge on any atom is -0.353 e. The first-order chi connectivity index (χ1) is 16.5. The van der Waals surface area contributed by atoms with Crippen molar-refractivity contribution < 1.29 is 4.79 Å². The van der Waals surface area contributed by atoms with Gasteiger partial charge >= 0.3 is 0 Å². The monoisotopic (exact) mass is 455 g/mol. The van der Waals surface area contributed by atoms with Crippen LogP contribution in [0, 0.1) is 0 Å². The SMILES string of the molecule is CCc1ccc(-c2ccc(=O)n(CC(=O)NCCn3nc(-c4ccccc4)ccc3=O)n2)cc1. The van der Waals surface area contributed by atoms with E-state index in [0.717, 1.165) is 22.2 Å². The van der Waals surface area contributed by atoms with Crippen LogP contribution in [-0.4, -0.2) is 32.0 Å². The van der Waals surface area contributed by atoms with Gasteiger partial charge in [0.2, 0.25) is 5.91 Å². The molecule has 8 heteroatoms. The van der Waals surface area contributed by atoms with Crippen molar-refractivity contribution in [1.82, 2.24) is 24.9 Å². The lowest BCUT2D eigenvalue weighted by atomic mass is 10.1. The topological polar surface area (TPSA) is 98.9 Å². The van der Waals surface area contributed by atoms with Crippen molar-refractivity contribution in [2.24, 2.45) is 0 Å². The predicted molar refractivity (Wildman–Crippen MR) is 130 cm³/mol. The number of carbonyl (C=O) groups excluding carboxylic acids is 1. The van der Waals surface area contributed by atoms with E-state index < -0.39 is 0 Å². The molecule has 4 aromatic rings. The largest absolute Gasteiger partial charge is 0.353 e. The second kappa shape index (κ2) is 10.5. The number of carbonyl (C=O) groups is 1. The minimum atomic E-state index is -0.375. The molecule has 2 aromatic heterocycles. The standard InChI is InChI=1S/C26H25N5O3/c1-2-19-8-10-21(11-9-19)23-13-15-26(34)31(29-23)18-24(32)27-16-17-30-25(33)14-12-22(28-30)20-6-4-3-5-7-20/h3-15H,2,16-18H2,1H3,(H,27,32). The second-order valence-corrected chi connectivity index (χ2v) is 7.76. The fraction of sp³-hybridized carbons (Fsp3) is 0.192. The summed E-state index contributed by atoms with van der Waals surface area (Å²) in [7, 11) is 0. The molecule has 2 heterocycles. The zero-order valence-electron chi connectivity index (χ0n) is 18.8. The number of nitrogens with zero attached hydrogens (tertiary/aromatic N) is 4. The zero-order valence-corrected chi connectivity index (χ0v) is 18.8. The van der Waals surface area contributed by atoms with Crippen LogP contribution in [0.5, 0.6) is 0 Å². The maximum Gasteiger partial charge on any atom is 0.267 e. The van der Waals surface area contributed by atoms with Crippen LogP contribution in [0.2, 0.25) is 0 Å². The van der Waals surface area contributed by atoms with E-state index >= 15 is 0 Å². The molecule has 0 saturated carbocycles. The molecular weight excluding hydrogens is 430 g/mol. The summed E-state index contributed by atoms with van der Waals surface area (Å²) in [6.07, 6.45) is 0.936. The molecule has 1 N–H and O–H groups in total. The molecule has 8 nitrogen and oxygen atoms in total. The summed E-state index contributed by atoms with van der Waals surface area (Å²) in [6, 6.07) is 23.7. The first-order valence-corrected chi connectivity index (χ1v) is 11.1. The molecule has 0 saturated heterocycles. The van der Waals surface area contributed by atoms with Gasteiger partial charge in [0, 0.05) is 29.8 Å². The Kier molecular flexibility index (Phi) is 7.07. The molecule has 1 amide bonds. The summed E-state index contributed by atoms with van der Waals surface area (Å²) in [5.74, 6) is -0.375. The van der Waals surface area contributed by atoms with Crippen molar-refractivity contribution in [2.45, 2.75) is 26.4 Å². The molecule has 0 fully saturated rings. The lowest BCUT2D eigenvalue weighted by molar-refractivity contribution is -0.121. The van der Waals surface area contributed by atoms with Gasteiger partial charge in [-0.1, -0.05) is 61.5 Å². The average Bonchev–Trinajstić information content (AvgIpc) is 2.87. The van der Waals surface area contributed by atoms with E-state index in [1.54, 1.807) is 12.1 Å². The van der Waals surface area contributed by atoms with Crippen LogP contribution in [0.15, 0.2) is 88.5 Å². The van der Waals surface area contributed by atoms with Gasteiger partial charge in [-0.15, -0.1) is 0 Å². The quantitative estimate of drug-likeness (QED) is 0.440. The normalized spacial score (nSPS) is 10.7. The summed E-state index contributed by atoms with van der Waals surface area (Å²) in [5.41, 5.74) is 3.64. The summed E-state index contributed by atoms with van der Waals surface area (Å²) in [5, 5.41) is 11.4. The van der Waals surface area contributed by atoms with Crippen molar-refractivity contribution in [3.8, 4) is 22.5 Å². The van der Waals surface area contributed by atoms with Crippen molar-refractivity contribution in [2.75, 3.05) is 6.54 Å². The van der Waals surface area contributed by atoms with Crippen LogP contribution < -0.4 is 16.4 Å². The first-order valence-electron chi connectivity index (χ1n) is 11.1. The number of aromatic nitrogens is 4. The summed E-state index contributed by atoms with van der Waals surface area (Å²) < 4.78 is 2.45. The van der Waals surface area contributed by atoms with E-state index in [4.69, 9.17) is 0 Å². The lowest BCUT2D eigenvalue weighted by Gasteiger charge is -2.10. The van der Waals surface area contributed by atoms with Crippen LogP contribution in [0.1, 0.15) is 12.5 Å². The van der Waals surface area contributed by atoms with Crippen molar-refractivity contribution >= 4 is 5.91 Å². The zero-order chi connectivity index (χ0) is 23.9. The van der Waals surface area contributed by atoms with Crippen molar-refractivity contribution in [1.29, 1.82) is 0 Å². The smallest absolute Gasteiger partial charge is 0.267 e. The number of nitrogens with one attached hydrogen (secondary N) is 1. The molecule has 0 aliphatic heterocycles. The molecule has 0 spiro atoms. The maximum atomic E-state index is 12.4. The van der Waals surface area contributed by atoms with E-state index in [1.807, 2.05) is 54.6 Å². The van der Waals surface area contributed by atoms with E-state index in [1.165, 1.54) is 22.4 Å². The Bertz CT molecular complexity index is 1390. The molecule has 0 aliphatic carbocycles. The van der Waals surface area contributed by atoms with Gasteiger partial charge in [0.15, 0.2) is 0 Å². The summed E-state index contributed by atoms with van der Waals surface area (Å²) in [4.78, 5) is 36.8. The predicted octanol–water partition coefficient (Wildman–Crippen LogP) is 2.51. The number of hydrogen-bond acceptors (Lipinski definition) is 5. The molecule has 0 aliphatic rings. The second-order valence-electron chi connectivity index (χ2n) is 7.76. The Morgan fingerprint density at radius 3 is 2.00 bits per heavy atom. The maximum absolute atomic E-state index is 12.4. The number of rotatable bonds is 8. The number of amides is 1. The highest BCUT2D eigenvalue weighted by Gasteiger charge is 2.09. The van der Waals surface area contributed by atoms with Gasteiger partial charge in [0.25, 0.3) is 11.1 Å². The summed E-state index contributed by atoms with van der Waals surface area (Å²) in [6.45, 7) is 2.26. The number of aryl methyl sites for hydroxylation is 1. The molecule has 0 atom stereocenters. The van der Waals surface area contributed by atoms with E-state index in [-0.39, 0.29) is 36.7 Å². The van der Waals surface area contributed by atoms with E-state index in [9.17, 15) is 14.4 Å². The fourth-order valence-electron chi connectivity index (χ4n) is 3.49. The Labute approximate surface area is 196 Å². The highest BCUT2D eigenvalue weighted by molar-refractivity contribution is 5.75. The van der Waals surface area contributed by atoms with Crippen LogP contribution in [0.4, 0.5) is 0 Å². The van der Waals surface area contributed by atoms with Gasteiger partial charge in [0.1, 0.15) is 6.54 Å². The van der Waals surface area contributed by atoms with Gasteiger partial charge in [0.05, 0.1) is 17.9 Å². The average molecular weight is 456 g/mol. The Morgan fingerprint density at radius 2 is 1.35 bits per heavy atom. The van der Waals surface area contributed by atoms with Crippen LogP contribution >= 0.6 is 0 Å². The molecule has 34 heavy (non-hydrogen) atoms. The minimum absolute atomic E-state index is 0.191. The third-order valence-electron chi connectivity index (χ3n) is 5.40. The Morgan fingerprint density at radius 1 is 0.765 bits per heavy atom. The Hall–Kier alpha value is -4.33. The van der Waals surface area contributed by atoms with Gasteiger partial charge < -0.3 is 5.32 Å². The van der Waals surface area contributed by atoms with Gasteiger partial charge in [-0.05, 0) is 24.1 Å². The molecule has 2 aromatic carbocycles. The van der Waals surface area contributed by atoms with E-state index in [0.29, 0.717) is 11.4 Å². The van der Waals surface area contributed by atoms with Gasteiger partial charge in [-0.25, -0.2) is 9.36 Å². The molecule has 0 radical (unpaired) electrons. The molecule has 0 bridgehead atoms. The highest BCUT2D eigenvalue weighted by Crippen LogP contribution is 2.16. The van der Waals surface area contributed by atoms with Crippen LogP contribution in [0.3, 0.4) is 0 Å². The van der Waals surface area contributed by atoms with Crippen molar-refractivity contribution in [3.63, 3.8) is 0 Å². The highest BCUT2D eigenvalue weighted by atomic mass is 16.2. The van der Waals surface area contributed by atoms with Crippen LogP contribution in [0.25, 0.3) is 22.5 Å². The van der Waals surface area contributed by atoms with Gasteiger partial charge in [-0.2, -0.15) is 10.2 Å². The van der Waals surface area contributed by atoms with Crippen LogP contribution in [-0.2, 0) is 24.3 Å². The summed E-state index contributed by atoms with van der Waals surface area (Å²) >= 11 is 0. The molecular formula is C26H25N5O3. The molecule has 172 valence electrons. The lowest BCUT2D eigenvalue weighted by Crippen LogP contribution is -2.36. The third kappa shape index (κ3) is 5.53. The van der Waals surface area contributed by atoms with Crippen molar-refractivity contribution in [3.05, 3.63) is 105 Å². The van der Waals surface area contributed by atoms with Gasteiger partial charge in [-0.3, -0.25) is 14.4 Å². The fourth-order valence-corrected chi connectivity index (χ4v) is 3.49. The number of hydrogen-bond donors (Lipinski definition) is 1. The number of benzene rings is 2.